The largest absolute Gasteiger partial charge is 0.444 e. The molecule has 2 aliphatic rings. The number of anilines is 2. The molecule has 0 radical (unpaired) electrons. The molecule has 7 nitrogen and oxygen atoms in total. The van der Waals surface area contributed by atoms with Gasteiger partial charge < -0.3 is 20.7 Å². The summed E-state index contributed by atoms with van der Waals surface area (Å²) in [4.78, 5) is 14.3. The van der Waals surface area contributed by atoms with E-state index in [-0.39, 0.29) is 12.1 Å². The second-order valence-electron chi connectivity index (χ2n) is 7.61. The fourth-order valence-electron chi connectivity index (χ4n) is 3.72. The van der Waals surface area contributed by atoms with E-state index in [0.29, 0.717) is 22.8 Å². The number of fused-ring (bicyclic) bond motifs is 2. The molecule has 2 atom stereocenters. The van der Waals surface area contributed by atoms with Crippen molar-refractivity contribution in [2.45, 2.75) is 45.3 Å². The second-order valence-corrected chi connectivity index (χ2v) is 8.00. The number of halogens is 1. The second kappa shape index (κ2) is 6.27. The summed E-state index contributed by atoms with van der Waals surface area (Å²) in [5, 5.41) is 11.1. The number of nitrogens with two attached hydrogens (primary N) is 1. The van der Waals surface area contributed by atoms with Gasteiger partial charge in [0.2, 0.25) is 0 Å². The maximum atomic E-state index is 12.1. The smallest absolute Gasteiger partial charge is 0.407 e. The van der Waals surface area contributed by atoms with Gasteiger partial charge in [-0.2, -0.15) is 0 Å². The van der Waals surface area contributed by atoms with Gasteiger partial charge >= 0.3 is 6.09 Å². The molecule has 0 aromatic carbocycles. The number of hydrogen-bond acceptors (Lipinski definition) is 6. The predicted molar refractivity (Wildman–Crippen MR) is 93.0 cm³/mol. The van der Waals surface area contributed by atoms with Gasteiger partial charge in [0.25, 0.3) is 0 Å². The molecular weight excluding hydrogens is 330 g/mol. The zero-order valence-electron chi connectivity index (χ0n) is 14.3. The van der Waals surface area contributed by atoms with E-state index >= 15 is 0 Å². The average molecular weight is 354 g/mol. The van der Waals surface area contributed by atoms with Crippen molar-refractivity contribution in [3.05, 3.63) is 11.2 Å². The van der Waals surface area contributed by atoms with Crippen LogP contribution in [0, 0.1) is 11.8 Å². The summed E-state index contributed by atoms with van der Waals surface area (Å²) >= 11 is 5.95. The van der Waals surface area contributed by atoms with E-state index in [2.05, 4.69) is 20.4 Å². The summed E-state index contributed by atoms with van der Waals surface area (Å²) in [5.74, 6) is 1.11. The molecule has 1 aliphatic carbocycles. The highest BCUT2D eigenvalue weighted by Gasteiger charge is 2.43. The van der Waals surface area contributed by atoms with Crippen LogP contribution < -0.4 is 16.0 Å². The first-order valence-electron chi connectivity index (χ1n) is 8.26. The maximum absolute atomic E-state index is 12.1. The quantitative estimate of drug-likeness (QED) is 0.848. The Morgan fingerprint density at radius 2 is 1.96 bits per heavy atom. The van der Waals surface area contributed by atoms with Crippen molar-refractivity contribution in [2.75, 3.05) is 23.7 Å². The predicted octanol–water partition coefficient (Wildman–Crippen LogP) is 2.45. The van der Waals surface area contributed by atoms with E-state index in [4.69, 9.17) is 22.1 Å². The monoisotopic (exact) mass is 353 g/mol. The molecule has 24 heavy (non-hydrogen) atoms. The minimum atomic E-state index is -0.488. The fraction of sp³-hybridized carbons (Fsp3) is 0.688. The number of ether oxygens (including phenoxy) is 1. The first-order chi connectivity index (χ1) is 11.2. The van der Waals surface area contributed by atoms with Crippen LogP contribution in [0.25, 0.3) is 0 Å². The molecule has 3 N–H and O–H groups in total. The van der Waals surface area contributed by atoms with Gasteiger partial charge in [0, 0.05) is 25.2 Å². The van der Waals surface area contributed by atoms with E-state index in [1.807, 2.05) is 20.8 Å². The Morgan fingerprint density at radius 1 is 1.33 bits per heavy atom. The molecule has 1 saturated carbocycles. The SMILES string of the molecule is CC(C)(C)OC(=O)NC1C2CCC1CN(c1cc(Cl)nnc1N)C2. The summed E-state index contributed by atoms with van der Waals surface area (Å²) in [6.07, 6.45) is 1.81. The van der Waals surface area contributed by atoms with Gasteiger partial charge in [0.15, 0.2) is 11.0 Å². The Morgan fingerprint density at radius 3 is 2.54 bits per heavy atom. The average Bonchev–Trinajstić information content (AvgIpc) is 2.70. The number of piperidine rings is 1. The minimum absolute atomic E-state index is 0.141. The van der Waals surface area contributed by atoms with Crippen molar-refractivity contribution in [2.24, 2.45) is 11.8 Å². The van der Waals surface area contributed by atoms with E-state index in [1.165, 1.54) is 0 Å². The zero-order chi connectivity index (χ0) is 17.5. The third-order valence-electron chi connectivity index (χ3n) is 4.63. The van der Waals surface area contributed by atoms with Crippen molar-refractivity contribution in [3.63, 3.8) is 0 Å². The van der Waals surface area contributed by atoms with Crippen LogP contribution in [-0.4, -0.2) is 41.0 Å². The Hall–Kier alpha value is -1.76. The minimum Gasteiger partial charge on any atom is -0.444 e. The van der Waals surface area contributed by atoms with Crippen molar-refractivity contribution in [3.8, 4) is 0 Å². The Kier molecular flexibility index (Phi) is 4.46. The van der Waals surface area contributed by atoms with Crippen LogP contribution in [0.15, 0.2) is 6.07 Å². The molecule has 132 valence electrons. The van der Waals surface area contributed by atoms with E-state index in [1.54, 1.807) is 6.07 Å². The number of nitrogens with one attached hydrogen (secondary N) is 1. The van der Waals surface area contributed by atoms with Crippen LogP contribution in [0.5, 0.6) is 0 Å². The molecule has 2 fully saturated rings. The maximum Gasteiger partial charge on any atom is 0.407 e. The van der Waals surface area contributed by atoms with Crippen LogP contribution >= 0.6 is 11.6 Å². The Bertz CT molecular complexity index is 619. The highest BCUT2D eigenvalue weighted by Crippen LogP contribution is 2.40. The molecule has 3 rings (SSSR count). The number of aromatic nitrogens is 2. The molecule has 2 bridgehead atoms. The van der Waals surface area contributed by atoms with Gasteiger partial charge in [-0.05, 0) is 45.4 Å². The molecule has 0 spiro atoms. The lowest BCUT2D eigenvalue weighted by Crippen LogP contribution is -2.53. The summed E-state index contributed by atoms with van der Waals surface area (Å²) in [6.45, 7) is 7.22. The first kappa shape index (κ1) is 17.1. The summed E-state index contributed by atoms with van der Waals surface area (Å²) in [7, 11) is 0. The molecule has 1 saturated heterocycles. The normalized spacial score (nSPS) is 26.3. The van der Waals surface area contributed by atoms with Gasteiger partial charge in [0.1, 0.15) is 5.60 Å². The summed E-state index contributed by atoms with van der Waals surface area (Å²) in [6, 6.07) is 1.90. The summed E-state index contributed by atoms with van der Waals surface area (Å²) < 4.78 is 5.39. The zero-order valence-corrected chi connectivity index (χ0v) is 15.0. The van der Waals surface area contributed by atoms with Gasteiger partial charge in [0.05, 0.1) is 5.69 Å². The number of amides is 1. The van der Waals surface area contributed by atoms with E-state index in [0.717, 1.165) is 31.6 Å². The van der Waals surface area contributed by atoms with Gasteiger partial charge in [-0.15, -0.1) is 10.2 Å². The van der Waals surface area contributed by atoms with Crippen molar-refractivity contribution >= 4 is 29.2 Å². The number of alkyl carbamates (subject to hydrolysis) is 1. The number of nitrogens with zero attached hydrogens (tertiary/aromatic N) is 3. The molecule has 1 aromatic heterocycles. The number of nitrogen functional groups attached to an aromatic ring is 1. The Balaban J connectivity index is 1.68. The lowest BCUT2D eigenvalue weighted by Gasteiger charge is -2.39. The Labute approximate surface area is 146 Å². The molecule has 8 heteroatoms. The summed E-state index contributed by atoms with van der Waals surface area (Å²) in [5.41, 5.74) is 6.29. The van der Waals surface area contributed by atoms with Crippen LogP contribution in [0.2, 0.25) is 5.15 Å². The van der Waals surface area contributed by atoms with Crippen LogP contribution in [-0.2, 0) is 4.74 Å². The van der Waals surface area contributed by atoms with Crippen LogP contribution in [0.1, 0.15) is 33.6 Å². The van der Waals surface area contributed by atoms with Gasteiger partial charge in [-0.3, -0.25) is 0 Å². The molecule has 1 aromatic rings. The standard InChI is InChI=1S/C16H24ClN5O2/c1-16(2,3)24-15(23)19-13-9-4-5-10(13)8-22(7-9)11-6-12(17)20-21-14(11)18/h6,9-10,13H,4-5,7-8H2,1-3H3,(H2,18,21)(H,19,23). The molecular formula is C16H24ClN5O2. The van der Waals surface area contributed by atoms with E-state index < -0.39 is 5.60 Å². The number of carbonyl (C=O) groups excluding carboxylic acids is 1. The molecule has 2 unspecified atom stereocenters. The van der Waals surface area contributed by atoms with Crippen LogP contribution in [0.3, 0.4) is 0 Å². The number of hydrogen-bond donors (Lipinski definition) is 2. The molecule has 1 aliphatic heterocycles. The fourth-order valence-corrected chi connectivity index (χ4v) is 3.86. The third kappa shape index (κ3) is 3.66. The highest BCUT2D eigenvalue weighted by molar-refractivity contribution is 6.29. The third-order valence-corrected chi connectivity index (χ3v) is 4.81. The molecule has 2 heterocycles. The van der Waals surface area contributed by atoms with E-state index in [9.17, 15) is 4.79 Å². The first-order valence-corrected chi connectivity index (χ1v) is 8.64. The van der Waals surface area contributed by atoms with Gasteiger partial charge in [-0.25, -0.2) is 4.79 Å². The lowest BCUT2D eigenvalue weighted by atomic mass is 9.92. The van der Waals surface area contributed by atoms with Crippen LogP contribution in [0.4, 0.5) is 16.3 Å². The van der Waals surface area contributed by atoms with Crippen molar-refractivity contribution < 1.29 is 9.53 Å². The topological polar surface area (TPSA) is 93.4 Å². The van der Waals surface area contributed by atoms with Crippen molar-refractivity contribution in [1.82, 2.24) is 15.5 Å². The highest BCUT2D eigenvalue weighted by atomic mass is 35.5. The number of rotatable bonds is 2. The number of carbonyl (C=O) groups is 1. The van der Waals surface area contributed by atoms with Crippen molar-refractivity contribution in [1.29, 1.82) is 0 Å². The van der Waals surface area contributed by atoms with Gasteiger partial charge in [-0.1, -0.05) is 11.6 Å². The molecule has 1 amide bonds. The lowest BCUT2D eigenvalue weighted by molar-refractivity contribution is 0.0472.